The van der Waals surface area contributed by atoms with Gasteiger partial charge in [-0.2, -0.15) is 0 Å². The van der Waals surface area contributed by atoms with Crippen LogP contribution in [0.15, 0.2) is 28.7 Å². The van der Waals surface area contributed by atoms with Crippen molar-refractivity contribution in [3.8, 4) is 0 Å². The Morgan fingerprint density at radius 1 is 1.19 bits per heavy atom. The number of hydrogen-bond donors (Lipinski definition) is 1. The molecule has 2 unspecified atom stereocenters. The Morgan fingerprint density at radius 3 is 2.62 bits per heavy atom. The maximum Gasteiger partial charge on any atom is 0.0730 e. The molecule has 1 aromatic carbocycles. The summed E-state index contributed by atoms with van der Waals surface area (Å²) in [5.41, 5.74) is 1.15. The molecule has 2 atom stereocenters. The highest BCUT2D eigenvalue weighted by molar-refractivity contribution is 9.10. The Hall–Kier alpha value is -0.420. The fourth-order valence-corrected chi connectivity index (χ4v) is 3.78. The lowest BCUT2D eigenvalue weighted by Gasteiger charge is -2.44. The monoisotopic (exact) mass is 354 g/mol. The molecular formula is C17H23BrO3. The zero-order valence-electron chi connectivity index (χ0n) is 12.3. The largest absolute Gasteiger partial charge is 0.392 e. The van der Waals surface area contributed by atoms with E-state index < -0.39 is 0 Å². The summed E-state index contributed by atoms with van der Waals surface area (Å²) in [6.07, 6.45) is 4.30. The molecule has 0 amide bonds. The van der Waals surface area contributed by atoms with E-state index in [9.17, 15) is 5.11 Å². The number of halogens is 1. The predicted molar refractivity (Wildman–Crippen MR) is 85.3 cm³/mol. The number of hydrogen-bond acceptors (Lipinski definition) is 3. The number of aliphatic hydroxyl groups is 1. The van der Waals surface area contributed by atoms with Crippen LogP contribution in [0.5, 0.6) is 0 Å². The molecule has 3 nitrogen and oxygen atoms in total. The van der Waals surface area contributed by atoms with Gasteiger partial charge in [-0.3, -0.25) is 0 Å². The molecule has 2 aliphatic heterocycles. The molecule has 1 aromatic rings. The van der Waals surface area contributed by atoms with Crippen LogP contribution in [0.1, 0.15) is 31.2 Å². The van der Waals surface area contributed by atoms with E-state index in [1.807, 2.05) is 12.1 Å². The standard InChI is InChI=1S/C17H23BrO3/c18-15-3-1-13(2-4-15)11-16(19)14-5-8-21-17(12-14)6-9-20-10-7-17/h1-4,14,16,19H,5-12H2. The summed E-state index contributed by atoms with van der Waals surface area (Å²) >= 11 is 3.45. The van der Waals surface area contributed by atoms with Crippen molar-refractivity contribution < 1.29 is 14.6 Å². The Balaban J connectivity index is 1.61. The molecule has 3 rings (SSSR count). The molecule has 2 saturated heterocycles. The van der Waals surface area contributed by atoms with Gasteiger partial charge in [0, 0.05) is 24.3 Å². The van der Waals surface area contributed by atoms with Gasteiger partial charge in [0.05, 0.1) is 11.7 Å². The third-order valence-electron chi connectivity index (χ3n) is 4.84. The molecule has 0 aromatic heterocycles. The fourth-order valence-electron chi connectivity index (χ4n) is 3.51. The van der Waals surface area contributed by atoms with Crippen molar-refractivity contribution in [2.45, 2.75) is 43.8 Å². The predicted octanol–water partition coefficient (Wildman–Crippen LogP) is 3.33. The molecule has 0 bridgehead atoms. The normalized spacial score (nSPS) is 26.7. The van der Waals surface area contributed by atoms with E-state index in [1.54, 1.807) is 0 Å². The fraction of sp³-hybridized carbons (Fsp3) is 0.647. The van der Waals surface area contributed by atoms with Gasteiger partial charge < -0.3 is 14.6 Å². The lowest BCUT2D eigenvalue weighted by atomic mass is 9.77. The highest BCUT2D eigenvalue weighted by atomic mass is 79.9. The molecule has 2 aliphatic rings. The molecule has 0 saturated carbocycles. The second-order valence-electron chi connectivity index (χ2n) is 6.29. The zero-order chi connectivity index (χ0) is 14.7. The average molecular weight is 355 g/mol. The van der Waals surface area contributed by atoms with Gasteiger partial charge in [-0.1, -0.05) is 28.1 Å². The van der Waals surface area contributed by atoms with Crippen LogP contribution in [0.25, 0.3) is 0 Å². The molecule has 0 radical (unpaired) electrons. The topological polar surface area (TPSA) is 38.7 Å². The summed E-state index contributed by atoms with van der Waals surface area (Å²) in [6, 6.07) is 8.23. The lowest BCUT2D eigenvalue weighted by molar-refractivity contribution is -0.158. The van der Waals surface area contributed by atoms with Crippen LogP contribution >= 0.6 is 15.9 Å². The summed E-state index contributed by atoms with van der Waals surface area (Å²) in [5.74, 6) is 0.334. The number of aliphatic hydroxyl groups excluding tert-OH is 1. The number of ether oxygens (including phenoxy) is 2. The molecule has 1 N–H and O–H groups in total. The summed E-state index contributed by atoms with van der Waals surface area (Å²) in [7, 11) is 0. The van der Waals surface area contributed by atoms with E-state index in [1.165, 1.54) is 5.56 Å². The van der Waals surface area contributed by atoms with Crippen molar-refractivity contribution in [3.63, 3.8) is 0 Å². The van der Waals surface area contributed by atoms with Crippen LogP contribution < -0.4 is 0 Å². The highest BCUT2D eigenvalue weighted by Gasteiger charge is 2.40. The van der Waals surface area contributed by atoms with Gasteiger partial charge in [0.25, 0.3) is 0 Å². The molecule has 2 fully saturated rings. The Morgan fingerprint density at radius 2 is 1.90 bits per heavy atom. The Labute approximate surface area is 134 Å². The first kappa shape index (κ1) is 15.5. The first-order valence-electron chi connectivity index (χ1n) is 7.81. The van der Waals surface area contributed by atoms with Gasteiger partial charge in [0.1, 0.15) is 0 Å². The summed E-state index contributed by atoms with van der Waals surface area (Å²) < 4.78 is 12.6. The van der Waals surface area contributed by atoms with E-state index in [-0.39, 0.29) is 11.7 Å². The molecule has 4 heteroatoms. The molecule has 0 aliphatic carbocycles. The van der Waals surface area contributed by atoms with Crippen LogP contribution in [0, 0.1) is 5.92 Å². The van der Waals surface area contributed by atoms with Crippen molar-refractivity contribution in [1.29, 1.82) is 0 Å². The summed E-state index contributed by atoms with van der Waals surface area (Å²) in [5, 5.41) is 10.6. The van der Waals surface area contributed by atoms with E-state index in [4.69, 9.17) is 9.47 Å². The minimum absolute atomic E-state index is 0.0398. The van der Waals surface area contributed by atoms with E-state index in [0.717, 1.165) is 56.4 Å². The average Bonchev–Trinajstić information content (AvgIpc) is 2.50. The van der Waals surface area contributed by atoms with Crippen LogP contribution in [0.3, 0.4) is 0 Å². The van der Waals surface area contributed by atoms with Crippen LogP contribution in [-0.4, -0.2) is 36.6 Å². The molecular weight excluding hydrogens is 332 g/mol. The van der Waals surface area contributed by atoms with Gasteiger partial charge in [-0.15, -0.1) is 0 Å². The summed E-state index contributed by atoms with van der Waals surface area (Å²) in [4.78, 5) is 0. The van der Waals surface area contributed by atoms with Crippen molar-refractivity contribution in [2.24, 2.45) is 5.92 Å². The van der Waals surface area contributed by atoms with Crippen LogP contribution in [-0.2, 0) is 15.9 Å². The van der Waals surface area contributed by atoms with Crippen molar-refractivity contribution in [1.82, 2.24) is 0 Å². The number of benzene rings is 1. The molecule has 1 spiro atoms. The van der Waals surface area contributed by atoms with Gasteiger partial charge in [0.2, 0.25) is 0 Å². The quantitative estimate of drug-likeness (QED) is 0.904. The maximum atomic E-state index is 10.6. The SMILES string of the molecule is OC(Cc1ccc(Br)cc1)C1CCOC2(CCOCC2)C1. The molecule has 2 heterocycles. The van der Waals surface area contributed by atoms with E-state index in [0.29, 0.717) is 5.92 Å². The highest BCUT2D eigenvalue weighted by Crippen LogP contribution is 2.38. The second-order valence-corrected chi connectivity index (χ2v) is 7.21. The maximum absolute atomic E-state index is 10.6. The van der Waals surface area contributed by atoms with E-state index in [2.05, 4.69) is 28.1 Å². The third kappa shape index (κ3) is 3.86. The molecule has 116 valence electrons. The van der Waals surface area contributed by atoms with Crippen molar-refractivity contribution >= 4 is 15.9 Å². The first-order chi connectivity index (χ1) is 10.2. The van der Waals surface area contributed by atoms with Gasteiger partial charge >= 0.3 is 0 Å². The first-order valence-corrected chi connectivity index (χ1v) is 8.60. The Bertz CT molecular complexity index is 448. The van der Waals surface area contributed by atoms with Crippen molar-refractivity contribution in [2.75, 3.05) is 19.8 Å². The Kier molecular flexibility index (Phi) is 4.99. The van der Waals surface area contributed by atoms with Crippen molar-refractivity contribution in [3.05, 3.63) is 34.3 Å². The zero-order valence-corrected chi connectivity index (χ0v) is 13.8. The number of rotatable bonds is 3. The van der Waals surface area contributed by atoms with Crippen LogP contribution in [0.4, 0.5) is 0 Å². The lowest BCUT2D eigenvalue weighted by Crippen LogP contribution is -2.47. The van der Waals surface area contributed by atoms with E-state index >= 15 is 0 Å². The van der Waals surface area contributed by atoms with Gasteiger partial charge in [-0.25, -0.2) is 0 Å². The minimum atomic E-state index is -0.283. The third-order valence-corrected chi connectivity index (χ3v) is 5.37. The summed E-state index contributed by atoms with van der Waals surface area (Å²) in [6.45, 7) is 2.34. The molecule has 21 heavy (non-hydrogen) atoms. The second kappa shape index (κ2) is 6.78. The van der Waals surface area contributed by atoms with Gasteiger partial charge in [0.15, 0.2) is 0 Å². The van der Waals surface area contributed by atoms with Crippen LogP contribution in [0.2, 0.25) is 0 Å². The van der Waals surface area contributed by atoms with Gasteiger partial charge in [-0.05, 0) is 55.7 Å². The minimum Gasteiger partial charge on any atom is -0.392 e. The smallest absolute Gasteiger partial charge is 0.0730 e.